The van der Waals surface area contributed by atoms with Crippen LogP contribution in [0.4, 0.5) is 0 Å². The molecule has 0 unspecified atom stereocenters. The molecule has 0 aliphatic rings. The fourth-order valence-electron chi connectivity index (χ4n) is 6.65. The topological polar surface area (TPSA) is 4.93 Å². The van der Waals surface area contributed by atoms with E-state index < -0.39 is 0 Å². The van der Waals surface area contributed by atoms with Crippen LogP contribution >= 0.6 is 11.3 Å². The Morgan fingerprint density at radius 2 is 1.10 bits per heavy atom. The fraction of sp³-hybridized carbons (Fsp3) is 0. The quantitative estimate of drug-likeness (QED) is 0.206. The lowest BCUT2D eigenvalue weighted by Gasteiger charge is -2.14. The van der Waals surface area contributed by atoms with Crippen molar-refractivity contribution in [2.24, 2.45) is 0 Å². The predicted molar refractivity (Wildman–Crippen MR) is 182 cm³/mol. The highest BCUT2D eigenvalue weighted by molar-refractivity contribution is 7.26. The summed E-state index contributed by atoms with van der Waals surface area (Å²) >= 11 is 1.90. The summed E-state index contributed by atoms with van der Waals surface area (Å²) in [6.45, 7) is 0. The Morgan fingerprint density at radius 3 is 1.95 bits per heavy atom. The number of benzene rings is 7. The second-order valence-corrected chi connectivity index (χ2v) is 12.0. The number of hydrogen-bond acceptors (Lipinski definition) is 1. The average molecular weight is 552 g/mol. The van der Waals surface area contributed by atoms with Gasteiger partial charge in [0.05, 0.1) is 11.0 Å². The van der Waals surface area contributed by atoms with Gasteiger partial charge in [0.2, 0.25) is 0 Å². The summed E-state index contributed by atoms with van der Waals surface area (Å²) in [7, 11) is 0. The molecule has 0 radical (unpaired) electrons. The average Bonchev–Trinajstić information content (AvgIpc) is 3.60. The van der Waals surface area contributed by atoms with E-state index in [1.54, 1.807) is 0 Å². The highest BCUT2D eigenvalue weighted by atomic mass is 32.1. The minimum Gasteiger partial charge on any atom is -0.309 e. The second kappa shape index (κ2) is 9.17. The van der Waals surface area contributed by atoms with Gasteiger partial charge in [-0.25, -0.2) is 0 Å². The monoisotopic (exact) mass is 551 g/mol. The van der Waals surface area contributed by atoms with E-state index in [-0.39, 0.29) is 0 Å². The first-order valence-corrected chi connectivity index (χ1v) is 15.2. The Labute approximate surface area is 247 Å². The molecule has 196 valence electrons. The zero-order chi connectivity index (χ0) is 27.6. The maximum absolute atomic E-state index is 2.46. The molecule has 2 heterocycles. The molecule has 9 rings (SSSR count). The summed E-state index contributed by atoms with van der Waals surface area (Å²) in [5.41, 5.74) is 8.60. The van der Waals surface area contributed by atoms with Crippen LogP contribution in [-0.2, 0) is 0 Å². The lowest BCUT2D eigenvalue weighted by atomic mass is 9.95. The van der Waals surface area contributed by atoms with Crippen LogP contribution in [0.5, 0.6) is 0 Å². The molecule has 0 bridgehead atoms. The number of nitrogens with zero attached hydrogens (tertiary/aromatic N) is 1. The fourth-order valence-corrected chi connectivity index (χ4v) is 7.91. The van der Waals surface area contributed by atoms with Crippen molar-refractivity contribution < 1.29 is 0 Å². The number of fused-ring (bicyclic) bond motifs is 8. The zero-order valence-electron chi connectivity index (χ0n) is 22.8. The molecule has 0 aliphatic heterocycles. The number of aromatic nitrogens is 1. The Balaban J connectivity index is 1.32. The molecular formula is C40H25NS. The van der Waals surface area contributed by atoms with Crippen LogP contribution in [0.1, 0.15) is 0 Å². The summed E-state index contributed by atoms with van der Waals surface area (Å²) in [6, 6.07) is 55.4. The third-order valence-electron chi connectivity index (χ3n) is 8.59. The first-order chi connectivity index (χ1) is 20.8. The second-order valence-electron chi connectivity index (χ2n) is 10.9. The molecule has 0 atom stereocenters. The molecule has 0 amide bonds. The van der Waals surface area contributed by atoms with E-state index in [1.165, 1.54) is 80.7 Å². The molecule has 0 saturated carbocycles. The normalized spacial score (nSPS) is 11.8. The van der Waals surface area contributed by atoms with E-state index in [4.69, 9.17) is 0 Å². The number of rotatable bonds is 3. The minimum absolute atomic E-state index is 1.18. The summed E-state index contributed by atoms with van der Waals surface area (Å²) < 4.78 is 5.16. The molecule has 42 heavy (non-hydrogen) atoms. The van der Waals surface area contributed by atoms with Gasteiger partial charge in [0, 0.05) is 36.6 Å². The van der Waals surface area contributed by atoms with Gasteiger partial charge in [0.25, 0.3) is 0 Å². The van der Waals surface area contributed by atoms with Crippen LogP contribution in [0.15, 0.2) is 152 Å². The van der Waals surface area contributed by atoms with Gasteiger partial charge in [-0.1, -0.05) is 121 Å². The summed E-state index contributed by atoms with van der Waals surface area (Å²) in [6.07, 6.45) is 0. The van der Waals surface area contributed by atoms with Crippen molar-refractivity contribution in [1.29, 1.82) is 0 Å². The van der Waals surface area contributed by atoms with Crippen LogP contribution in [0, 0.1) is 0 Å². The van der Waals surface area contributed by atoms with E-state index in [0.717, 1.165) is 0 Å². The summed E-state index contributed by atoms with van der Waals surface area (Å²) in [5.74, 6) is 0. The number of hydrogen-bond donors (Lipinski definition) is 0. The van der Waals surface area contributed by atoms with Crippen LogP contribution in [0.3, 0.4) is 0 Å². The van der Waals surface area contributed by atoms with Crippen molar-refractivity contribution in [2.75, 3.05) is 0 Å². The van der Waals surface area contributed by atoms with Crippen molar-refractivity contribution in [3.8, 4) is 27.9 Å². The van der Waals surface area contributed by atoms with E-state index >= 15 is 0 Å². The van der Waals surface area contributed by atoms with Crippen molar-refractivity contribution in [3.05, 3.63) is 152 Å². The van der Waals surface area contributed by atoms with Gasteiger partial charge in [0.1, 0.15) is 0 Å². The molecule has 0 spiro atoms. The highest BCUT2D eigenvalue weighted by Gasteiger charge is 2.18. The maximum atomic E-state index is 2.46. The predicted octanol–water partition coefficient (Wildman–Crippen LogP) is 11.6. The van der Waals surface area contributed by atoms with Gasteiger partial charge >= 0.3 is 0 Å². The standard InChI is InChI=1S/C40H25NS/c1-2-10-26(11-3-1)27-18-20-28(21-19-27)35-25-30(24-29-12-4-5-13-31(29)35)41-36-16-8-6-15-34(36)39-37(41)23-22-33-32-14-7-9-17-38(32)42-40(33)39/h1-25H. The first kappa shape index (κ1) is 23.5. The minimum atomic E-state index is 1.18. The van der Waals surface area contributed by atoms with Gasteiger partial charge in [-0.15, -0.1) is 11.3 Å². The van der Waals surface area contributed by atoms with E-state index in [1.807, 2.05) is 11.3 Å². The molecule has 9 aromatic rings. The molecule has 1 nitrogen and oxygen atoms in total. The number of thiophene rings is 1. The van der Waals surface area contributed by atoms with Crippen molar-refractivity contribution in [3.63, 3.8) is 0 Å². The van der Waals surface area contributed by atoms with Gasteiger partial charge in [-0.2, -0.15) is 0 Å². The Kier molecular flexibility index (Phi) is 5.13. The Hall–Kier alpha value is -5.18. The molecule has 0 aliphatic carbocycles. The maximum Gasteiger partial charge on any atom is 0.0555 e. The van der Waals surface area contributed by atoms with E-state index in [2.05, 4.69) is 156 Å². The molecular weight excluding hydrogens is 527 g/mol. The third kappa shape index (κ3) is 3.49. The largest absolute Gasteiger partial charge is 0.309 e. The van der Waals surface area contributed by atoms with Crippen molar-refractivity contribution >= 4 is 64.1 Å². The van der Waals surface area contributed by atoms with Crippen molar-refractivity contribution in [1.82, 2.24) is 4.57 Å². The third-order valence-corrected chi connectivity index (χ3v) is 9.79. The van der Waals surface area contributed by atoms with Gasteiger partial charge < -0.3 is 4.57 Å². The van der Waals surface area contributed by atoms with Crippen molar-refractivity contribution in [2.45, 2.75) is 0 Å². The molecule has 7 aromatic carbocycles. The zero-order valence-corrected chi connectivity index (χ0v) is 23.6. The smallest absolute Gasteiger partial charge is 0.0555 e. The molecule has 0 saturated heterocycles. The summed E-state index contributed by atoms with van der Waals surface area (Å²) in [5, 5.41) is 7.82. The highest BCUT2D eigenvalue weighted by Crippen LogP contribution is 2.44. The Morgan fingerprint density at radius 1 is 0.429 bits per heavy atom. The molecule has 2 heteroatoms. The van der Waals surface area contributed by atoms with E-state index in [0.29, 0.717) is 0 Å². The SMILES string of the molecule is c1ccc(-c2ccc(-c3cc(-n4c5ccccc5c5c6sc7ccccc7c6ccc54)cc4ccccc34)cc2)cc1. The lowest BCUT2D eigenvalue weighted by Crippen LogP contribution is -1.95. The van der Waals surface area contributed by atoms with Gasteiger partial charge in [0.15, 0.2) is 0 Å². The van der Waals surface area contributed by atoms with Crippen LogP contribution in [-0.4, -0.2) is 4.57 Å². The van der Waals surface area contributed by atoms with E-state index in [9.17, 15) is 0 Å². The van der Waals surface area contributed by atoms with Crippen LogP contribution in [0.25, 0.3) is 80.7 Å². The molecule has 0 N–H and O–H groups in total. The van der Waals surface area contributed by atoms with Gasteiger partial charge in [-0.3, -0.25) is 0 Å². The van der Waals surface area contributed by atoms with Gasteiger partial charge in [-0.05, 0) is 63.4 Å². The first-order valence-electron chi connectivity index (χ1n) is 14.4. The van der Waals surface area contributed by atoms with Crippen LogP contribution in [0.2, 0.25) is 0 Å². The number of para-hydroxylation sites is 1. The molecule has 0 fully saturated rings. The lowest BCUT2D eigenvalue weighted by molar-refractivity contribution is 1.19. The molecule has 2 aromatic heterocycles. The van der Waals surface area contributed by atoms with Crippen LogP contribution < -0.4 is 0 Å². The Bertz CT molecular complexity index is 2440. The summed E-state index contributed by atoms with van der Waals surface area (Å²) in [4.78, 5) is 0.